The number of hydrogen-bond acceptors (Lipinski definition) is 4. The van der Waals surface area contributed by atoms with Crippen molar-refractivity contribution in [2.24, 2.45) is 0 Å². The highest BCUT2D eigenvalue weighted by atomic mass is 32.2. The second-order valence-electron chi connectivity index (χ2n) is 6.84. The summed E-state index contributed by atoms with van der Waals surface area (Å²) in [5.74, 6) is 0.744. The van der Waals surface area contributed by atoms with Gasteiger partial charge in [0.15, 0.2) is 0 Å². The van der Waals surface area contributed by atoms with E-state index < -0.39 is 6.10 Å². The van der Waals surface area contributed by atoms with Gasteiger partial charge in [-0.15, -0.1) is 0 Å². The second kappa shape index (κ2) is 8.37. The summed E-state index contributed by atoms with van der Waals surface area (Å²) in [5, 5.41) is 10.1. The van der Waals surface area contributed by atoms with Crippen LogP contribution in [0, 0.1) is 0 Å². The normalized spacial score (nSPS) is 20.7. The van der Waals surface area contributed by atoms with Crippen molar-refractivity contribution in [3.05, 3.63) is 35.4 Å². The molecule has 0 aromatic heterocycles. The van der Waals surface area contributed by atoms with Crippen molar-refractivity contribution in [2.45, 2.75) is 37.8 Å². The van der Waals surface area contributed by atoms with Crippen molar-refractivity contribution in [1.82, 2.24) is 9.80 Å². The van der Waals surface area contributed by atoms with Crippen LogP contribution in [-0.4, -0.2) is 71.1 Å². The van der Waals surface area contributed by atoms with E-state index in [9.17, 15) is 9.90 Å². The standard InChI is InChI=1S/C19H28N2O2S/c1-24-12-7-18(22)19(23)21-9-4-8-20(10-11-21)17-13-15-5-2-3-6-16(15)14-17/h2-3,5-6,17-18,22H,4,7-14H2,1H3. The molecule has 132 valence electrons. The van der Waals surface area contributed by atoms with Gasteiger partial charge in [0, 0.05) is 32.2 Å². The minimum Gasteiger partial charge on any atom is -0.383 e. The number of thioether (sulfide) groups is 1. The highest BCUT2D eigenvalue weighted by Crippen LogP contribution is 2.26. The molecule has 4 nitrogen and oxygen atoms in total. The van der Waals surface area contributed by atoms with Crippen LogP contribution in [0.15, 0.2) is 24.3 Å². The van der Waals surface area contributed by atoms with Gasteiger partial charge in [-0.3, -0.25) is 9.69 Å². The first-order valence-electron chi connectivity index (χ1n) is 8.95. The zero-order valence-corrected chi connectivity index (χ0v) is 15.3. The Morgan fingerprint density at radius 1 is 1.21 bits per heavy atom. The van der Waals surface area contributed by atoms with E-state index >= 15 is 0 Å². The van der Waals surface area contributed by atoms with Gasteiger partial charge in [-0.2, -0.15) is 11.8 Å². The zero-order chi connectivity index (χ0) is 16.9. The van der Waals surface area contributed by atoms with Crippen molar-refractivity contribution < 1.29 is 9.90 Å². The Hall–Kier alpha value is -1.04. The average molecular weight is 349 g/mol. The molecule has 1 atom stereocenters. The zero-order valence-electron chi connectivity index (χ0n) is 14.5. The minimum atomic E-state index is -0.834. The van der Waals surface area contributed by atoms with Crippen LogP contribution in [0.1, 0.15) is 24.0 Å². The molecule has 1 aliphatic heterocycles. The monoisotopic (exact) mass is 348 g/mol. The first kappa shape index (κ1) is 17.8. The Bertz CT molecular complexity index is 541. The minimum absolute atomic E-state index is 0.0828. The fraction of sp³-hybridized carbons (Fsp3) is 0.632. The van der Waals surface area contributed by atoms with Crippen LogP contribution in [0.4, 0.5) is 0 Å². The molecule has 0 saturated carbocycles. The van der Waals surface area contributed by atoms with E-state index in [1.54, 1.807) is 11.8 Å². The topological polar surface area (TPSA) is 43.8 Å². The molecule has 1 heterocycles. The number of benzene rings is 1. The van der Waals surface area contributed by atoms with Crippen molar-refractivity contribution in [3.8, 4) is 0 Å². The molecule has 1 unspecified atom stereocenters. The molecular weight excluding hydrogens is 320 g/mol. The van der Waals surface area contributed by atoms with Crippen LogP contribution >= 0.6 is 11.8 Å². The molecular formula is C19H28N2O2S. The predicted molar refractivity (Wildman–Crippen MR) is 99.4 cm³/mol. The summed E-state index contributed by atoms with van der Waals surface area (Å²) in [7, 11) is 0. The van der Waals surface area contributed by atoms with Gasteiger partial charge < -0.3 is 10.0 Å². The third-order valence-corrected chi connectivity index (χ3v) is 5.91. The number of aliphatic hydroxyl groups is 1. The highest BCUT2D eigenvalue weighted by molar-refractivity contribution is 7.98. The van der Waals surface area contributed by atoms with Gasteiger partial charge >= 0.3 is 0 Å². The summed E-state index contributed by atoms with van der Waals surface area (Å²) in [6.45, 7) is 3.47. The molecule has 1 aromatic carbocycles. The van der Waals surface area contributed by atoms with Gasteiger partial charge in [-0.1, -0.05) is 24.3 Å². The first-order valence-corrected chi connectivity index (χ1v) is 10.3. The maximum Gasteiger partial charge on any atom is 0.251 e. The number of amides is 1. The lowest BCUT2D eigenvalue weighted by Crippen LogP contribution is -2.43. The lowest BCUT2D eigenvalue weighted by molar-refractivity contribution is -0.140. The summed E-state index contributed by atoms with van der Waals surface area (Å²) in [6, 6.07) is 9.30. The van der Waals surface area contributed by atoms with E-state index in [0.29, 0.717) is 12.5 Å². The summed E-state index contributed by atoms with van der Waals surface area (Å²) < 4.78 is 0. The van der Waals surface area contributed by atoms with Crippen molar-refractivity contribution in [1.29, 1.82) is 0 Å². The van der Waals surface area contributed by atoms with Crippen LogP contribution in [0.2, 0.25) is 0 Å². The number of carbonyl (C=O) groups is 1. The Morgan fingerprint density at radius 3 is 2.58 bits per heavy atom. The number of hydrogen-bond donors (Lipinski definition) is 1. The molecule has 1 saturated heterocycles. The molecule has 1 amide bonds. The summed E-state index contributed by atoms with van der Waals surface area (Å²) in [6.07, 6.45) is 4.97. The van der Waals surface area contributed by atoms with E-state index in [0.717, 1.165) is 51.2 Å². The number of fused-ring (bicyclic) bond motifs is 1. The summed E-state index contributed by atoms with van der Waals surface area (Å²) >= 11 is 1.67. The number of nitrogens with zero attached hydrogens (tertiary/aromatic N) is 2. The molecule has 0 bridgehead atoms. The Kier molecular flexibility index (Phi) is 6.19. The number of rotatable bonds is 5. The Morgan fingerprint density at radius 2 is 1.92 bits per heavy atom. The van der Waals surface area contributed by atoms with Gasteiger partial charge in [0.2, 0.25) is 0 Å². The van der Waals surface area contributed by atoms with E-state index in [1.165, 1.54) is 11.1 Å². The SMILES string of the molecule is CSCCC(O)C(=O)N1CCCN(C2Cc3ccccc3C2)CC1. The molecule has 1 N–H and O–H groups in total. The van der Waals surface area contributed by atoms with Crippen LogP contribution < -0.4 is 0 Å². The quantitative estimate of drug-likeness (QED) is 0.881. The van der Waals surface area contributed by atoms with E-state index in [4.69, 9.17) is 0 Å². The molecule has 1 aromatic rings. The van der Waals surface area contributed by atoms with E-state index in [2.05, 4.69) is 29.2 Å². The number of carbonyl (C=O) groups excluding carboxylic acids is 1. The van der Waals surface area contributed by atoms with Crippen LogP contribution in [0.5, 0.6) is 0 Å². The highest BCUT2D eigenvalue weighted by Gasteiger charge is 2.30. The van der Waals surface area contributed by atoms with Crippen molar-refractivity contribution >= 4 is 17.7 Å². The van der Waals surface area contributed by atoms with Gasteiger partial charge in [0.05, 0.1) is 0 Å². The van der Waals surface area contributed by atoms with Crippen LogP contribution in [0.25, 0.3) is 0 Å². The average Bonchev–Trinajstić information content (AvgIpc) is 2.88. The molecule has 1 fully saturated rings. The first-order chi connectivity index (χ1) is 11.7. The smallest absolute Gasteiger partial charge is 0.251 e. The lowest BCUT2D eigenvalue weighted by atomic mass is 10.1. The maximum atomic E-state index is 12.4. The van der Waals surface area contributed by atoms with Gasteiger partial charge in [0.1, 0.15) is 6.10 Å². The Labute approximate surface area is 149 Å². The molecule has 3 rings (SSSR count). The Balaban J connectivity index is 1.53. The predicted octanol–water partition coefficient (Wildman–Crippen LogP) is 1.80. The fourth-order valence-corrected chi connectivity index (χ4v) is 4.34. The van der Waals surface area contributed by atoms with E-state index in [-0.39, 0.29) is 5.91 Å². The van der Waals surface area contributed by atoms with Crippen molar-refractivity contribution in [2.75, 3.05) is 38.2 Å². The van der Waals surface area contributed by atoms with E-state index in [1.807, 2.05) is 11.2 Å². The van der Waals surface area contributed by atoms with Gasteiger partial charge in [0.25, 0.3) is 5.91 Å². The van der Waals surface area contributed by atoms with Crippen LogP contribution in [-0.2, 0) is 17.6 Å². The molecule has 1 aliphatic carbocycles. The molecule has 24 heavy (non-hydrogen) atoms. The number of aliphatic hydroxyl groups excluding tert-OH is 1. The van der Waals surface area contributed by atoms with Crippen LogP contribution in [0.3, 0.4) is 0 Å². The largest absolute Gasteiger partial charge is 0.383 e. The molecule has 0 radical (unpaired) electrons. The molecule has 2 aliphatic rings. The second-order valence-corrected chi connectivity index (χ2v) is 7.83. The molecule has 0 spiro atoms. The van der Waals surface area contributed by atoms with Gasteiger partial charge in [-0.05, 0) is 48.8 Å². The summed E-state index contributed by atoms with van der Waals surface area (Å²) in [4.78, 5) is 16.8. The third kappa shape index (κ3) is 4.13. The fourth-order valence-electron chi connectivity index (χ4n) is 3.88. The maximum absolute atomic E-state index is 12.4. The summed E-state index contributed by atoms with van der Waals surface area (Å²) in [5.41, 5.74) is 2.96. The third-order valence-electron chi connectivity index (χ3n) is 5.27. The lowest BCUT2D eigenvalue weighted by Gasteiger charge is -2.28. The van der Waals surface area contributed by atoms with Crippen molar-refractivity contribution in [3.63, 3.8) is 0 Å². The van der Waals surface area contributed by atoms with Gasteiger partial charge in [-0.25, -0.2) is 0 Å². The molecule has 5 heteroatoms.